The van der Waals surface area contributed by atoms with Crippen molar-refractivity contribution >= 4 is 52.2 Å². The van der Waals surface area contributed by atoms with Crippen LogP contribution >= 0.6 is 23.4 Å². The molecule has 0 atom stereocenters. The summed E-state index contributed by atoms with van der Waals surface area (Å²) in [6.07, 6.45) is 0. The van der Waals surface area contributed by atoms with Crippen LogP contribution in [0.25, 0.3) is 11.1 Å². The van der Waals surface area contributed by atoms with E-state index in [0.717, 1.165) is 5.56 Å². The monoisotopic (exact) mass is 449 g/mol. The number of carbonyl (C=O) groups is 2. The van der Waals surface area contributed by atoms with Gasteiger partial charge in [-0.05, 0) is 31.5 Å². The Bertz CT molecular complexity index is 1090. The second-order valence-corrected chi connectivity index (χ2v) is 7.66. The first-order valence-corrected chi connectivity index (χ1v) is 10.6. The predicted molar refractivity (Wildman–Crippen MR) is 114 cm³/mol. The number of nitrogens with zero attached hydrogens (tertiary/aromatic N) is 2. The maximum atomic E-state index is 12.1. The number of thioether (sulfide) groups is 1. The van der Waals surface area contributed by atoms with E-state index >= 15 is 0 Å². The van der Waals surface area contributed by atoms with Gasteiger partial charge in [0.25, 0.3) is 0 Å². The fourth-order valence-electron chi connectivity index (χ4n) is 2.76. The Morgan fingerprint density at radius 2 is 2.07 bits per heavy atom. The van der Waals surface area contributed by atoms with Crippen LogP contribution in [0.3, 0.4) is 0 Å². The maximum Gasteiger partial charge on any atom is 0.342 e. The van der Waals surface area contributed by atoms with E-state index in [1.165, 1.54) is 11.8 Å². The van der Waals surface area contributed by atoms with Crippen molar-refractivity contribution in [3.05, 3.63) is 52.0 Å². The highest BCUT2D eigenvalue weighted by molar-refractivity contribution is 7.99. The number of esters is 2. The van der Waals surface area contributed by atoms with Crippen LogP contribution in [0.2, 0.25) is 5.02 Å². The van der Waals surface area contributed by atoms with Crippen LogP contribution < -0.4 is 5.73 Å². The molecular weight excluding hydrogens is 430 g/mol. The Kier molecular flexibility index (Phi) is 7.17. The highest BCUT2D eigenvalue weighted by Crippen LogP contribution is 2.29. The van der Waals surface area contributed by atoms with E-state index in [4.69, 9.17) is 31.2 Å². The summed E-state index contributed by atoms with van der Waals surface area (Å²) in [5, 5.41) is 0.943. The molecular formula is C20H20ClN3O5S. The van der Waals surface area contributed by atoms with Crippen molar-refractivity contribution in [2.24, 2.45) is 0 Å². The molecule has 0 saturated heterocycles. The summed E-state index contributed by atoms with van der Waals surface area (Å²) < 4.78 is 15.8. The van der Waals surface area contributed by atoms with E-state index < -0.39 is 11.9 Å². The quantitative estimate of drug-likeness (QED) is 0.510. The molecule has 10 heteroatoms. The van der Waals surface area contributed by atoms with E-state index in [0.29, 0.717) is 16.5 Å². The Morgan fingerprint density at radius 1 is 1.27 bits per heavy atom. The molecule has 0 bridgehead atoms. The molecule has 2 aromatic heterocycles. The van der Waals surface area contributed by atoms with Gasteiger partial charge < -0.3 is 19.6 Å². The van der Waals surface area contributed by atoms with Crippen LogP contribution in [0.15, 0.2) is 28.7 Å². The van der Waals surface area contributed by atoms with E-state index in [9.17, 15) is 9.59 Å². The van der Waals surface area contributed by atoms with Crippen molar-refractivity contribution in [2.75, 3.05) is 18.1 Å². The Hall–Kier alpha value is -2.78. The number of furan rings is 1. The molecule has 2 N–H and O–H groups in total. The molecule has 0 aliphatic heterocycles. The summed E-state index contributed by atoms with van der Waals surface area (Å²) in [7, 11) is 0. The number of rotatable bonds is 8. The van der Waals surface area contributed by atoms with E-state index in [-0.39, 0.29) is 47.3 Å². The third-order valence-corrected chi connectivity index (χ3v) is 5.23. The number of hydrogen-bond donors (Lipinski definition) is 1. The molecule has 3 aromatic rings. The Morgan fingerprint density at radius 3 is 2.80 bits per heavy atom. The fourth-order valence-corrected chi connectivity index (χ4v) is 3.74. The second-order valence-electron chi connectivity index (χ2n) is 6.24. The van der Waals surface area contributed by atoms with Gasteiger partial charge in [-0.2, -0.15) is 4.98 Å². The average molecular weight is 450 g/mol. The summed E-state index contributed by atoms with van der Waals surface area (Å²) in [6.45, 7) is 3.37. The smallest absolute Gasteiger partial charge is 0.342 e. The van der Waals surface area contributed by atoms with Gasteiger partial charge in [0.2, 0.25) is 5.71 Å². The normalized spacial score (nSPS) is 10.9. The molecule has 0 aliphatic rings. The van der Waals surface area contributed by atoms with Crippen LogP contribution in [0.5, 0.6) is 0 Å². The van der Waals surface area contributed by atoms with Gasteiger partial charge in [-0.15, -0.1) is 11.8 Å². The number of fused-ring (bicyclic) bond motifs is 1. The lowest BCUT2D eigenvalue weighted by atomic mass is 10.2. The van der Waals surface area contributed by atoms with Crippen LogP contribution in [0, 0.1) is 6.92 Å². The minimum Gasteiger partial charge on any atom is -0.462 e. The molecule has 0 unspecified atom stereocenters. The number of halogens is 1. The lowest BCUT2D eigenvalue weighted by Crippen LogP contribution is -2.11. The van der Waals surface area contributed by atoms with Gasteiger partial charge in [-0.3, -0.25) is 4.79 Å². The molecule has 0 fully saturated rings. The molecule has 3 rings (SSSR count). The first kappa shape index (κ1) is 21.9. The summed E-state index contributed by atoms with van der Waals surface area (Å²) in [5.74, 6) is 0.395. The number of hydrogen-bond acceptors (Lipinski definition) is 9. The summed E-state index contributed by atoms with van der Waals surface area (Å²) in [6, 6.07) is 7.44. The maximum absolute atomic E-state index is 12.1. The Labute approximate surface area is 182 Å². The zero-order chi connectivity index (χ0) is 21.7. The lowest BCUT2D eigenvalue weighted by molar-refractivity contribution is -0.141. The third kappa shape index (κ3) is 5.22. The summed E-state index contributed by atoms with van der Waals surface area (Å²) in [4.78, 5) is 32.5. The number of anilines is 1. The highest BCUT2D eigenvalue weighted by atomic mass is 35.5. The van der Waals surface area contributed by atoms with E-state index in [2.05, 4.69) is 9.97 Å². The van der Waals surface area contributed by atoms with Gasteiger partial charge in [0.15, 0.2) is 12.4 Å². The molecule has 158 valence electrons. The summed E-state index contributed by atoms with van der Waals surface area (Å²) in [5.41, 5.74) is 7.36. The number of ether oxygens (including phenoxy) is 2. The first-order valence-electron chi connectivity index (χ1n) is 9.09. The predicted octanol–water partition coefficient (Wildman–Crippen LogP) is 3.92. The van der Waals surface area contributed by atoms with E-state index in [1.54, 1.807) is 19.9 Å². The van der Waals surface area contributed by atoms with Gasteiger partial charge in [-0.25, -0.2) is 9.78 Å². The van der Waals surface area contributed by atoms with Crippen molar-refractivity contribution in [1.29, 1.82) is 0 Å². The molecule has 2 heterocycles. The molecule has 0 amide bonds. The number of nitrogen functional groups attached to an aromatic ring is 1. The third-order valence-electron chi connectivity index (χ3n) is 4.02. The molecule has 0 aliphatic carbocycles. The van der Waals surface area contributed by atoms with Gasteiger partial charge >= 0.3 is 11.9 Å². The van der Waals surface area contributed by atoms with Gasteiger partial charge in [-0.1, -0.05) is 23.7 Å². The standard InChI is InChI=1S/C20H20ClN3O5S/c1-3-27-20(26)16-11(2)29-19-17(16)18(22)23-14(24-19)8-28-15(25)10-30-9-12-5-4-6-13(21)7-12/h4-7H,3,8-10H2,1-2H3,(H2,22,23,24). The second kappa shape index (κ2) is 9.82. The van der Waals surface area contributed by atoms with Crippen molar-refractivity contribution in [3.8, 4) is 0 Å². The fraction of sp³-hybridized carbons (Fsp3) is 0.300. The van der Waals surface area contributed by atoms with Crippen molar-refractivity contribution in [3.63, 3.8) is 0 Å². The minimum absolute atomic E-state index is 0.0567. The van der Waals surface area contributed by atoms with Gasteiger partial charge in [0.1, 0.15) is 17.1 Å². The molecule has 0 radical (unpaired) electrons. The Balaban J connectivity index is 1.60. The highest BCUT2D eigenvalue weighted by Gasteiger charge is 2.24. The largest absolute Gasteiger partial charge is 0.462 e. The number of nitrogens with two attached hydrogens (primary N) is 1. The van der Waals surface area contributed by atoms with Crippen LogP contribution in [0.1, 0.15) is 34.4 Å². The molecule has 0 saturated carbocycles. The topological polar surface area (TPSA) is 118 Å². The van der Waals surface area contributed by atoms with Crippen molar-refractivity contribution < 1.29 is 23.5 Å². The van der Waals surface area contributed by atoms with Crippen LogP contribution in [-0.2, 0) is 26.6 Å². The van der Waals surface area contributed by atoms with Gasteiger partial charge in [0, 0.05) is 10.8 Å². The van der Waals surface area contributed by atoms with E-state index in [1.807, 2.05) is 18.2 Å². The average Bonchev–Trinajstić information content (AvgIpc) is 3.03. The molecule has 30 heavy (non-hydrogen) atoms. The number of benzene rings is 1. The SMILES string of the molecule is CCOC(=O)c1c(C)oc2nc(COC(=O)CSCc3cccc(Cl)c3)nc(N)c12. The summed E-state index contributed by atoms with van der Waals surface area (Å²) >= 11 is 7.35. The molecule has 0 spiro atoms. The molecule has 8 nitrogen and oxygen atoms in total. The van der Waals surface area contributed by atoms with Gasteiger partial charge in [0.05, 0.1) is 17.7 Å². The zero-order valence-corrected chi connectivity index (χ0v) is 18.0. The number of carbonyl (C=O) groups excluding carboxylic acids is 2. The number of aromatic nitrogens is 2. The minimum atomic E-state index is -0.556. The van der Waals surface area contributed by atoms with Crippen molar-refractivity contribution in [1.82, 2.24) is 9.97 Å². The first-order chi connectivity index (χ1) is 14.4. The zero-order valence-electron chi connectivity index (χ0n) is 16.4. The van der Waals surface area contributed by atoms with Crippen LogP contribution in [0.4, 0.5) is 5.82 Å². The van der Waals surface area contributed by atoms with Crippen LogP contribution in [-0.4, -0.2) is 34.3 Å². The number of aryl methyl sites for hydroxylation is 1. The lowest BCUT2D eigenvalue weighted by Gasteiger charge is -2.06. The molecule has 1 aromatic carbocycles. The van der Waals surface area contributed by atoms with Crippen molar-refractivity contribution in [2.45, 2.75) is 26.2 Å².